The summed E-state index contributed by atoms with van der Waals surface area (Å²) in [4.78, 5) is 11.7. The number of ether oxygens (including phenoxy) is 1. The summed E-state index contributed by atoms with van der Waals surface area (Å²) in [5.41, 5.74) is 0.334. The standard InChI is InChI=1S/C20H20F13NO3/c1-2-37-14(36)34-12(10-11-6-4-3-5-7-11)13(35)8-9-15(21,22)16(23,24)17(25,26)18(27,28)19(29,30)20(31,32)33/h3-7,12-13,35H,2,8-10H2,1H3,(H,34,36)/t12-,13-/m0/s1. The number of alkyl halides is 13. The zero-order valence-electron chi connectivity index (χ0n) is 18.5. The number of halogens is 13. The van der Waals surface area contributed by atoms with Crippen LogP contribution in [0, 0.1) is 0 Å². The van der Waals surface area contributed by atoms with Crippen LogP contribution in [0.25, 0.3) is 0 Å². The fraction of sp³-hybridized carbons (Fsp3) is 0.650. The van der Waals surface area contributed by atoms with Gasteiger partial charge < -0.3 is 15.2 Å². The predicted octanol–water partition coefficient (Wildman–Crippen LogP) is 6.22. The Labute approximate surface area is 200 Å². The lowest BCUT2D eigenvalue weighted by Gasteiger charge is -2.40. The molecule has 0 bridgehead atoms. The molecule has 1 amide bonds. The monoisotopic (exact) mass is 569 g/mol. The van der Waals surface area contributed by atoms with Crippen molar-refractivity contribution in [3.8, 4) is 0 Å². The van der Waals surface area contributed by atoms with E-state index in [1.807, 2.05) is 5.32 Å². The summed E-state index contributed by atoms with van der Waals surface area (Å²) in [6.45, 7) is 1.14. The van der Waals surface area contributed by atoms with Crippen molar-refractivity contribution in [3.63, 3.8) is 0 Å². The Hall–Kier alpha value is -2.46. The van der Waals surface area contributed by atoms with Crippen LogP contribution >= 0.6 is 0 Å². The van der Waals surface area contributed by atoms with Crippen molar-refractivity contribution in [1.82, 2.24) is 5.32 Å². The van der Waals surface area contributed by atoms with Gasteiger partial charge in [0.1, 0.15) is 0 Å². The lowest BCUT2D eigenvalue weighted by atomic mass is 9.90. The first kappa shape index (κ1) is 32.6. The molecule has 0 spiro atoms. The molecule has 0 fully saturated rings. The second-order valence-electron chi connectivity index (χ2n) is 7.77. The van der Waals surface area contributed by atoms with Crippen LogP contribution in [-0.4, -0.2) is 65.7 Å². The predicted molar refractivity (Wildman–Crippen MR) is 100 cm³/mol. The number of carbonyl (C=O) groups is 1. The van der Waals surface area contributed by atoms with Crippen LogP contribution in [-0.2, 0) is 11.2 Å². The molecule has 0 aromatic heterocycles. The van der Waals surface area contributed by atoms with E-state index >= 15 is 0 Å². The summed E-state index contributed by atoms with van der Waals surface area (Å²) in [7, 11) is 0. The highest BCUT2D eigenvalue weighted by molar-refractivity contribution is 5.67. The molecule has 1 rings (SSSR count). The summed E-state index contributed by atoms with van der Waals surface area (Å²) in [5.74, 6) is -37.5. The highest BCUT2D eigenvalue weighted by atomic mass is 19.4. The van der Waals surface area contributed by atoms with Gasteiger partial charge in [0.15, 0.2) is 0 Å². The number of hydrogen-bond acceptors (Lipinski definition) is 3. The van der Waals surface area contributed by atoms with Crippen molar-refractivity contribution < 1.29 is 71.7 Å². The Morgan fingerprint density at radius 1 is 0.838 bits per heavy atom. The number of alkyl carbamates (subject to hydrolysis) is 1. The Morgan fingerprint density at radius 3 is 1.78 bits per heavy atom. The molecule has 0 unspecified atom stereocenters. The van der Waals surface area contributed by atoms with Gasteiger partial charge in [0.05, 0.1) is 18.8 Å². The summed E-state index contributed by atoms with van der Waals surface area (Å²) in [6, 6.07) is 5.71. The van der Waals surface area contributed by atoms with Gasteiger partial charge in [-0.05, 0) is 25.3 Å². The van der Waals surface area contributed by atoms with Crippen molar-refractivity contribution in [1.29, 1.82) is 0 Å². The summed E-state index contributed by atoms with van der Waals surface area (Å²) in [5, 5.41) is 12.2. The number of aliphatic hydroxyl groups is 1. The molecule has 214 valence electrons. The highest BCUT2D eigenvalue weighted by Crippen LogP contribution is 2.60. The lowest BCUT2D eigenvalue weighted by Crippen LogP contribution is -2.70. The summed E-state index contributed by atoms with van der Waals surface area (Å²) < 4.78 is 177. The molecule has 0 aliphatic rings. The molecule has 1 aromatic rings. The Bertz CT molecular complexity index is 891. The average Bonchev–Trinajstić information content (AvgIpc) is 2.76. The number of nitrogens with one attached hydrogen (secondary N) is 1. The Kier molecular flexibility index (Phi) is 9.78. The maximum absolute atomic E-state index is 14.0. The molecule has 37 heavy (non-hydrogen) atoms. The molecule has 0 aliphatic carbocycles. The molecule has 2 N–H and O–H groups in total. The minimum absolute atomic E-state index is 0.212. The van der Waals surface area contributed by atoms with Crippen molar-refractivity contribution >= 4 is 6.09 Å². The maximum Gasteiger partial charge on any atom is 0.460 e. The third-order valence-corrected chi connectivity index (χ3v) is 5.09. The second-order valence-corrected chi connectivity index (χ2v) is 7.77. The summed E-state index contributed by atoms with van der Waals surface area (Å²) in [6.07, 6.45) is -15.5. The normalized spacial score (nSPS) is 15.8. The molecule has 17 heteroatoms. The number of amides is 1. The quantitative estimate of drug-likeness (QED) is 0.294. The van der Waals surface area contributed by atoms with E-state index in [0.29, 0.717) is 5.56 Å². The fourth-order valence-corrected chi connectivity index (χ4v) is 2.96. The minimum atomic E-state index is -7.99. The van der Waals surface area contributed by atoms with Gasteiger partial charge in [-0.15, -0.1) is 0 Å². The average molecular weight is 569 g/mol. The van der Waals surface area contributed by atoms with Crippen LogP contribution in [0.2, 0.25) is 0 Å². The van der Waals surface area contributed by atoms with E-state index in [0.717, 1.165) is 0 Å². The second kappa shape index (κ2) is 11.1. The lowest BCUT2D eigenvalue weighted by molar-refractivity contribution is -0.440. The van der Waals surface area contributed by atoms with Crippen LogP contribution in [0.1, 0.15) is 25.3 Å². The van der Waals surface area contributed by atoms with Crippen LogP contribution in [0.4, 0.5) is 61.9 Å². The third kappa shape index (κ3) is 6.52. The van der Waals surface area contributed by atoms with Crippen molar-refractivity contribution in [3.05, 3.63) is 35.9 Å². The molecular formula is C20H20F13NO3. The zero-order chi connectivity index (χ0) is 29.1. The zero-order valence-corrected chi connectivity index (χ0v) is 18.5. The van der Waals surface area contributed by atoms with E-state index in [9.17, 15) is 67.0 Å². The van der Waals surface area contributed by atoms with Gasteiger partial charge in [0, 0.05) is 6.42 Å². The number of carbonyl (C=O) groups excluding carboxylic acids is 1. The van der Waals surface area contributed by atoms with Gasteiger partial charge in [0.25, 0.3) is 0 Å². The molecule has 0 saturated heterocycles. The fourth-order valence-electron chi connectivity index (χ4n) is 2.96. The van der Waals surface area contributed by atoms with Crippen molar-refractivity contribution in [2.45, 2.75) is 74.1 Å². The first-order valence-electron chi connectivity index (χ1n) is 10.2. The van der Waals surface area contributed by atoms with E-state index in [1.54, 1.807) is 0 Å². The molecule has 0 aliphatic heterocycles. The SMILES string of the molecule is CCOC(=O)N[C@@H](Cc1ccccc1)[C@@H](O)CCC(F)(F)C(F)(F)C(F)(F)C(F)(F)C(F)(F)C(F)(F)F. The largest absolute Gasteiger partial charge is 0.460 e. The van der Waals surface area contributed by atoms with Gasteiger partial charge in [-0.1, -0.05) is 30.3 Å². The van der Waals surface area contributed by atoms with E-state index in [4.69, 9.17) is 0 Å². The number of aliphatic hydroxyl groups excluding tert-OH is 1. The molecule has 0 heterocycles. The minimum Gasteiger partial charge on any atom is -0.450 e. The number of benzene rings is 1. The van der Waals surface area contributed by atoms with Gasteiger partial charge >= 0.3 is 41.9 Å². The molecule has 0 saturated carbocycles. The molecule has 0 radical (unpaired) electrons. The molecule has 2 atom stereocenters. The van der Waals surface area contributed by atoms with Crippen LogP contribution in [0.3, 0.4) is 0 Å². The van der Waals surface area contributed by atoms with E-state index < -0.39 is 66.9 Å². The molecule has 4 nitrogen and oxygen atoms in total. The Balaban J connectivity index is 3.19. The van der Waals surface area contributed by atoms with Crippen LogP contribution in [0.15, 0.2) is 30.3 Å². The first-order valence-corrected chi connectivity index (χ1v) is 10.2. The van der Waals surface area contributed by atoms with Gasteiger partial charge in [-0.2, -0.15) is 57.1 Å². The van der Waals surface area contributed by atoms with E-state index in [-0.39, 0.29) is 13.0 Å². The van der Waals surface area contributed by atoms with Gasteiger partial charge in [-0.25, -0.2) is 4.79 Å². The van der Waals surface area contributed by atoms with Gasteiger partial charge in [-0.3, -0.25) is 0 Å². The highest BCUT2D eigenvalue weighted by Gasteiger charge is 2.90. The van der Waals surface area contributed by atoms with Crippen molar-refractivity contribution in [2.75, 3.05) is 6.61 Å². The maximum atomic E-state index is 14.0. The third-order valence-electron chi connectivity index (χ3n) is 5.09. The smallest absolute Gasteiger partial charge is 0.450 e. The van der Waals surface area contributed by atoms with E-state index in [1.165, 1.54) is 37.3 Å². The van der Waals surface area contributed by atoms with Crippen LogP contribution < -0.4 is 5.32 Å². The number of hydrogen-bond donors (Lipinski definition) is 2. The molecular weight excluding hydrogens is 549 g/mol. The van der Waals surface area contributed by atoms with E-state index in [2.05, 4.69) is 4.74 Å². The van der Waals surface area contributed by atoms with Crippen LogP contribution in [0.5, 0.6) is 0 Å². The number of rotatable bonds is 12. The summed E-state index contributed by atoms with van der Waals surface area (Å²) >= 11 is 0. The first-order chi connectivity index (χ1) is 16.6. The topological polar surface area (TPSA) is 58.6 Å². The Morgan fingerprint density at radius 2 is 1.32 bits per heavy atom. The van der Waals surface area contributed by atoms with Gasteiger partial charge in [0.2, 0.25) is 0 Å². The molecule has 1 aromatic carbocycles. The van der Waals surface area contributed by atoms with Crippen molar-refractivity contribution in [2.24, 2.45) is 0 Å².